The van der Waals surface area contributed by atoms with Gasteiger partial charge in [0.1, 0.15) is 31.4 Å². The second-order valence-electron chi connectivity index (χ2n) is 9.25. The summed E-state index contributed by atoms with van der Waals surface area (Å²) in [6.07, 6.45) is 2.28. The largest absolute Gasteiger partial charge is 0.403 e. The normalized spacial score (nSPS) is 22.3. The summed E-state index contributed by atoms with van der Waals surface area (Å²) in [7, 11) is 23.2. The number of hydrogen-bond donors (Lipinski definition) is 0. The maximum absolute atomic E-state index is 13.0. The van der Waals surface area contributed by atoms with Crippen LogP contribution in [-0.2, 0) is 11.3 Å². The number of benzene rings is 1. The standard InChI is InChI=1S/C21H18B4ClN3O4/c1-10(11-2-3-11)29-7-13-4-12(5-14(26)17(13)19(29)31)16-6-15(27-32-16)18(30)28-8-20(22,23)33-21(24,25)9-28/h4-6,10-11H,2-3,7-9H2,1H3/t10-/m0/s1. The van der Waals surface area contributed by atoms with Crippen molar-refractivity contribution in [3.63, 3.8) is 0 Å². The lowest BCUT2D eigenvalue weighted by Gasteiger charge is -2.48. The maximum atomic E-state index is 13.0. The third kappa shape index (κ3) is 4.26. The van der Waals surface area contributed by atoms with Gasteiger partial charge in [-0.15, -0.1) is 0 Å². The van der Waals surface area contributed by atoms with E-state index in [1.54, 1.807) is 6.07 Å². The van der Waals surface area contributed by atoms with Gasteiger partial charge in [0.25, 0.3) is 11.8 Å². The summed E-state index contributed by atoms with van der Waals surface area (Å²) in [5.74, 6) is 0.309. The zero-order valence-electron chi connectivity index (χ0n) is 18.1. The number of rotatable bonds is 4. The number of aromatic nitrogens is 1. The van der Waals surface area contributed by atoms with Crippen molar-refractivity contribution in [2.75, 3.05) is 13.1 Å². The SMILES string of the molecule is [B]C1([B])CN(C(=O)c2cc(-c3cc(Cl)c4c(c3)CN([C@@H](C)C3CC3)C4=O)on2)CC([B])([B])O1. The monoisotopic (exact) mass is 455 g/mol. The molecule has 3 aliphatic rings. The molecule has 8 radical (unpaired) electrons. The molecular weight excluding hydrogens is 437 g/mol. The summed E-state index contributed by atoms with van der Waals surface area (Å²) < 4.78 is 10.6. The van der Waals surface area contributed by atoms with E-state index in [0.717, 1.165) is 18.4 Å². The van der Waals surface area contributed by atoms with Gasteiger partial charge in [0, 0.05) is 48.1 Å². The minimum absolute atomic E-state index is 0.0233. The summed E-state index contributed by atoms with van der Waals surface area (Å²) in [4.78, 5) is 29.0. The Morgan fingerprint density at radius 3 is 2.48 bits per heavy atom. The van der Waals surface area contributed by atoms with Crippen molar-refractivity contribution in [1.82, 2.24) is 15.0 Å². The van der Waals surface area contributed by atoms with Crippen LogP contribution in [0.15, 0.2) is 22.7 Å². The summed E-state index contributed by atoms with van der Waals surface area (Å²) in [6.45, 7) is 2.29. The minimum atomic E-state index is -1.70. The number of carbonyl (C=O) groups is 2. The number of amides is 2. The van der Waals surface area contributed by atoms with Gasteiger partial charge in [-0.05, 0) is 43.4 Å². The van der Waals surface area contributed by atoms with Crippen molar-refractivity contribution >= 4 is 54.8 Å². The molecule has 1 saturated heterocycles. The molecule has 0 bridgehead atoms. The van der Waals surface area contributed by atoms with E-state index in [-0.39, 0.29) is 30.7 Å². The predicted octanol–water partition coefficient (Wildman–Crippen LogP) is 1.20. The molecule has 1 saturated carbocycles. The second kappa shape index (κ2) is 7.70. The molecule has 12 heteroatoms. The summed E-state index contributed by atoms with van der Waals surface area (Å²) >= 11 is 6.48. The van der Waals surface area contributed by atoms with Crippen LogP contribution in [0.25, 0.3) is 11.3 Å². The Labute approximate surface area is 202 Å². The molecule has 33 heavy (non-hydrogen) atoms. The van der Waals surface area contributed by atoms with Crippen LogP contribution in [0, 0.1) is 5.92 Å². The molecule has 7 nitrogen and oxygen atoms in total. The Morgan fingerprint density at radius 2 is 1.85 bits per heavy atom. The number of hydrogen-bond acceptors (Lipinski definition) is 5. The number of nitrogens with zero attached hydrogens (tertiary/aromatic N) is 3. The topological polar surface area (TPSA) is 75.9 Å². The lowest BCUT2D eigenvalue weighted by molar-refractivity contribution is -0.0464. The Morgan fingerprint density at radius 1 is 1.18 bits per heavy atom. The van der Waals surface area contributed by atoms with Crippen LogP contribution >= 0.6 is 11.6 Å². The van der Waals surface area contributed by atoms with Crippen molar-refractivity contribution in [1.29, 1.82) is 0 Å². The number of ether oxygens (including phenoxy) is 1. The molecule has 160 valence electrons. The van der Waals surface area contributed by atoms with Crippen LogP contribution < -0.4 is 0 Å². The molecule has 2 aromatic rings. The summed E-state index contributed by atoms with van der Waals surface area (Å²) in [5, 5.41) is 0.819. The van der Waals surface area contributed by atoms with E-state index in [9.17, 15) is 9.59 Å². The average molecular weight is 455 g/mol. The van der Waals surface area contributed by atoms with Crippen LogP contribution in [0.5, 0.6) is 0 Å². The van der Waals surface area contributed by atoms with Crippen molar-refractivity contribution in [3.8, 4) is 11.3 Å². The minimum Gasteiger partial charge on any atom is -0.403 e. The first kappa shape index (κ1) is 22.7. The van der Waals surface area contributed by atoms with Crippen LogP contribution in [0.1, 0.15) is 46.2 Å². The van der Waals surface area contributed by atoms with E-state index >= 15 is 0 Å². The van der Waals surface area contributed by atoms with E-state index in [0.29, 0.717) is 34.4 Å². The first-order valence-corrected chi connectivity index (χ1v) is 11.1. The lowest BCUT2D eigenvalue weighted by atomic mass is 9.57. The number of fused-ring (bicyclic) bond motifs is 1. The molecule has 2 aliphatic heterocycles. The van der Waals surface area contributed by atoms with E-state index in [1.165, 1.54) is 11.0 Å². The highest BCUT2D eigenvalue weighted by Crippen LogP contribution is 2.41. The average Bonchev–Trinajstić information content (AvgIpc) is 3.34. The predicted molar refractivity (Wildman–Crippen MR) is 124 cm³/mol. The summed E-state index contributed by atoms with van der Waals surface area (Å²) in [6, 6.07) is 5.14. The number of carbonyl (C=O) groups excluding carboxylic acids is 2. The molecular formula is C21H18B4ClN3O4. The first-order valence-electron chi connectivity index (χ1n) is 10.7. The van der Waals surface area contributed by atoms with Crippen LogP contribution in [0.4, 0.5) is 0 Å². The number of halogens is 1. The highest BCUT2D eigenvalue weighted by Gasteiger charge is 2.41. The van der Waals surface area contributed by atoms with Gasteiger partial charge in [-0.2, -0.15) is 0 Å². The molecule has 0 unspecified atom stereocenters. The van der Waals surface area contributed by atoms with E-state index < -0.39 is 16.7 Å². The van der Waals surface area contributed by atoms with E-state index in [4.69, 9.17) is 52.2 Å². The van der Waals surface area contributed by atoms with Crippen molar-refractivity contribution < 1.29 is 18.8 Å². The molecule has 3 heterocycles. The highest BCUT2D eigenvalue weighted by molar-refractivity contribution is 6.43. The van der Waals surface area contributed by atoms with Crippen LogP contribution in [0.2, 0.25) is 5.02 Å². The molecule has 0 spiro atoms. The van der Waals surface area contributed by atoms with E-state index in [2.05, 4.69) is 12.1 Å². The molecule has 1 aliphatic carbocycles. The van der Waals surface area contributed by atoms with Gasteiger partial charge in [0.2, 0.25) is 0 Å². The third-order valence-corrected chi connectivity index (χ3v) is 6.64. The number of morpholine rings is 1. The second-order valence-corrected chi connectivity index (χ2v) is 9.66. The fraction of sp³-hybridized carbons (Fsp3) is 0.476. The molecule has 1 aromatic carbocycles. The molecule has 1 aromatic heterocycles. The van der Waals surface area contributed by atoms with Crippen LogP contribution in [0.3, 0.4) is 0 Å². The van der Waals surface area contributed by atoms with Gasteiger partial charge in [0.15, 0.2) is 11.5 Å². The van der Waals surface area contributed by atoms with Gasteiger partial charge in [-0.3, -0.25) is 9.59 Å². The maximum Gasteiger partial charge on any atom is 0.276 e. The fourth-order valence-electron chi connectivity index (χ4n) is 4.62. The Balaban J connectivity index is 1.39. The highest BCUT2D eigenvalue weighted by atomic mass is 35.5. The zero-order valence-corrected chi connectivity index (χ0v) is 18.8. The van der Waals surface area contributed by atoms with Crippen molar-refractivity contribution in [3.05, 3.63) is 40.0 Å². The van der Waals surface area contributed by atoms with Crippen molar-refractivity contribution in [2.24, 2.45) is 5.92 Å². The fourth-order valence-corrected chi connectivity index (χ4v) is 4.94. The smallest absolute Gasteiger partial charge is 0.276 e. The summed E-state index contributed by atoms with van der Waals surface area (Å²) in [5.41, 5.74) is 1.97. The molecule has 2 amide bonds. The van der Waals surface area contributed by atoms with Gasteiger partial charge >= 0.3 is 0 Å². The Kier molecular flexibility index (Phi) is 5.29. The Bertz CT molecular complexity index is 1130. The molecule has 0 N–H and O–H groups in total. The van der Waals surface area contributed by atoms with Gasteiger partial charge in [-0.1, -0.05) is 16.8 Å². The zero-order chi connectivity index (χ0) is 23.7. The molecule has 1 atom stereocenters. The van der Waals surface area contributed by atoms with Gasteiger partial charge in [0.05, 0.1) is 10.6 Å². The molecule has 5 rings (SSSR count). The Hall–Kier alpha value is -2.12. The third-order valence-electron chi connectivity index (χ3n) is 6.34. The van der Waals surface area contributed by atoms with Gasteiger partial charge in [-0.25, -0.2) is 0 Å². The van der Waals surface area contributed by atoms with E-state index in [1.807, 2.05) is 11.0 Å². The lowest BCUT2D eigenvalue weighted by Crippen LogP contribution is -2.64. The van der Waals surface area contributed by atoms with Crippen molar-refractivity contribution in [2.45, 2.75) is 43.2 Å². The molecule has 2 fully saturated rings. The quantitative estimate of drug-likeness (QED) is 0.649. The van der Waals surface area contributed by atoms with Crippen LogP contribution in [-0.4, -0.2) is 88.1 Å². The first-order chi connectivity index (χ1) is 15.4. The van der Waals surface area contributed by atoms with Gasteiger partial charge < -0.3 is 19.1 Å².